The third kappa shape index (κ3) is 4.37. The lowest BCUT2D eigenvalue weighted by Crippen LogP contribution is -2.63. The summed E-state index contributed by atoms with van der Waals surface area (Å²) in [6, 6.07) is 15.2. The largest absolute Gasteiger partial charge is 0.371 e. The number of rotatable bonds is 4. The minimum absolute atomic E-state index is 0.0300. The molecule has 2 unspecified atom stereocenters. The van der Waals surface area contributed by atoms with Gasteiger partial charge in [-0.1, -0.05) is 25.2 Å². The molecular weight excluding hydrogens is 516 g/mol. The van der Waals surface area contributed by atoms with E-state index < -0.39 is 8.07 Å². The van der Waals surface area contributed by atoms with E-state index in [1.54, 1.807) is 0 Å². The second kappa shape index (κ2) is 9.50. The van der Waals surface area contributed by atoms with Gasteiger partial charge in [-0.25, -0.2) is 9.78 Å². The van der Waals surface area contributed by atoms with Crippen molar-refractivity contribution in [2.45, 2.75) is 63.3 Å². The number of primary amides is 1. The Labute approximate surface area is 238 Å². The summed E-state index contributed by atoms with van der Waals surface area (Å²) in [5, 5.41) is 3.43. The fraction of sp³-hybridized carbons (Fsp3) is 0.581. The van der Waals surface area contributed by atoms with E-state index in [9.17, 15) is 9.59 Å². The molecule has 6 aliphatic rings. The standard InChI is InChI=1S/C31H42N6O2Si/c1-40(2)13-11-35(12-14-40)24-7-8-27(33-20-24)36-9-10-37(26-6-4-3-5-25(26)36)30(39)34-28-22-15-21-16-23(28)19-31(17-21,18-22)29(32)38/h3-8,20-23,28H,9-19H2,1-2H3,(H2,32,38)(H,34,39). The SMILES string of the molecule is C[Si]1(C)CCN(c2ccc(N3CCN(C(=O)NC4C5CC6CC4CC(C(N)=O)(C6)C5)c4ccccc43)nc2)CC1. The highest BCUT2D eigenvalue weighted by atomic mass is 28.3. The second-order valence-corrected chi connectivity index (χ2v) is 19.2. The number of hydrogen-bond donors (Lipinski definition) is 2. The molecule has 8 rings (SSSR count). The Morgan fingerprint density at radius 1 is 0.950 bits per heavy atom. The zero-order chi connectivity index (χ0) is 27.6. The number of anilines is 4. The first-order chi connectivity index (χ1) is 19.2. The van der Waals surface area contributed by atoms with Gasteiger partial charge in [0.1, 0.15) is 5.82 Å². The third-order valence-corrected chi connectivity index (χ3v) is 14.0. The molecule has 5 fully saturated rings. The number of fused-ring (bicyclic) bond motifs is 1. The highest BCUT2D eigenvalue weighted by Gasteiger charge is 2.58. The van der Waals surface area contributed by atoms with E-state index >= 15 is 0 Å². The molecule has 3 heterocycles. The van der Waals surface area contributed by atoms with Crippen LogP contribution in [0.3, 0.4) is 0 Å². The van der Waals surface area contributed by atoms with Crippen LogP contribution in [0, 0.1) is 23.2 Å². The number of carbonyl (C=O) groups excluding carboxylic acids is 2. The Balaban J connectivity index is 1.06. The van der Waals surface area contributed by atoms with Crippen molar-refractivity contribution in [1.29, 1.82) is 0 Å². The van der Waals surface area contributed by atoms with Crippen LogP contribution in [0.5, 0.6) is 0 Å². The highest BCUT2D eigenvalue weighted by molar-refractivity contribution is 6.77. The Morgan fingerprint density at radius 2 is 1.65 bits per heavy atom. The summed E-state index contributed by atoms with van der Waals surface area (Å²) < 4.78 is 0. The number of para-hydroxylation sites is 2. The zero-order valence-electron chi connectivity index (χ0n) is 23.8. The van der Waals surface area contributed by atoms with Crippen molar-refractivity contribution in [3.8, 4) is 0 Å². The number of aromatic nitrogens is 1. The van der Waals surface area contributed by atoms with Gasteiger partial charge < -0.3 is 20.9 Å². The predicted molar refractivity (Wildman–Crippen MR) is 162 cm³/mol. The molecule has 40 heavy (non-hydrogen) atoms. The number of benzene rings is 1. The van der Waals surface area contributed by atoms with Gasteiger partial charge in [-0.3, -0.25) is 9.69 Å². The van der Waals surface area contributed by atoms with Crippen LogP contribution in [0.4, 0.5) is 27.7 Å². The molecule has 1 saturated heterocycles. The number of hydrogen-bond acceptors (Lipinski definition) is 5. The van der Waals surface area contributed by atoms with Crippen molar-refractivity contribution in [3.63, 3.8) is 0 Å². The number of amides is 3. The first-order valence-corrected chi connectivity index (χ1v) is 18.6. The molecular formula is C31H42N6O2Si. The minimum Gasteiger partial charge on any atom is -0.371 e. The van der Waals surface area contributed by atoms with Crippen LogP contribution in [-0.4, -0.2) is 57.2 Å². The number of nitrogens with zero attached hydrogens (tertiary/aromatic N) is 4. The van der Waals surface area contributed by atoms with Gasteiger partial charge >= 0.3 is 6.03 Å². The topological polar surface area (TPSA) is 94.8 Å². The van der Waals surface area contributed by atoms with E-state index in [1.165, 1.54) is 17.8 Å². The Bertz CT molecular complexity index is 1290. The molecule has 0 spiro atoms. The molecule has 0 radical (unpaired) electrons. The summed E-state index contributed by atoms with van der Waals surface area (Å²) in [5.74, 6) is 2.04. The molecule has 8 nitrogen and oxygen atoms in total. The second-order valence-electron chi connectivity index (χ2n) is 13.9. The van der Waals surface area contributed by atoms with Gasteiger partial charge in [0, 0.05) is 37.6 Å². The molecule has 1 aromatic carbocycles. The summed E-state index contributed by atoms with van der Waals surface area (Å²) in [5.41, 5.74) is 8.66. The van der Waals surface area contributed by atoms with E-state index in [1.807, 2.05) is 29.3 Å². The molecule has 2 aromatic rings. The molecule has 2 aliphatic heterocycles. The number of urea groups is 1. The monoisotopic (exact) mass is 558 g/mol. The molecule has 1 aromatic heterocycles. The van der Waals surface area contributed by atoms with Gasteiger partial charge in [0.15, 0.2) is 0 Å². The summed E-state index contributed by atoms with van der Waals surface area (Å²) in [6.07, 6.45) is 6.80. The summed E-state index contributed by atoms with van der Waals surface area (Å²) in [7, 11) is -1.02. The van der Waals surface area contributed by atoms with Crippen LogP contribution in [-0.2, 0) is 4.79 Å². The van der Waals surface area contributed by atoms with E-state index in [4.69, 9.17) is 10.7 Å². The van der Waals surface area contributed by atoms with Crippen LogP contribution in [0.15, 0.2) is 42.6 Å². The Kier molecular flexibility index (Phi) is 6.14. The third-order valence-electron chi connectivity index (χ3n) is 10.8. The normalized spacial score (nSPS) is 32.1. The number of nitrogens with two attached hydrogens (primary N) is 1. The highest BCUT2D eigenvalue weighted by Crippen LogP contribution is 2.60. The fourth-order valence-electron chi connectivity index (χ4n) is 8.69. The lowest BCUT2D eigenvalue weighted by atomic mass is 9.47. The van der Waals surface area contributed by atoms with Crippen LogP contribution in [0.25, 0.3) is 0 Å². The molecule has 212 valence electrons. The van der Waals surface area contributed by atoms with Crippen molar-refractivity contribution in [2.75, 3.05) is 40.9 Å². The smallest absolute Gasteiger partial charge is 0.322 e. The van der Waals surface area contributed by atoms with Crippen molar-refractivity contribution < 1.29 is 9.59 Å². The van der Waals surface area contributed by atoms with Crippen LogP contribution >= 0.6 is 0 Å². The summed E-state index contributed by atoms with van der Waals surface area (Å²) in [4.78, 5) is 37.6. The van der Waals surface area contributed by atoms with Gasteiger partial charge in [0.2, 0.25) is 5.91 Å². The van der Waals surface area contributed by atoms with Gasteiger partial charge in [0.25, 0.3) is 0 Å². The van der Waals surface area contributed by atoms with Crippen molar-refractivity contribution >= 4 is 42.9 Å². The maximum Gasteiger partial charge on any atom is 0.322 e. The number of carbonyl (C=O) groups is 2. The lowest BCUT2D eigenvalue weighted by molar-refractivity contribution is -0.145. The predicted octanol–water partition coefficient (Wildman–Crippen LogP) is 4.96. The maximum absolute atomic E-state index is 13.8. The van der Waals surface area contributed by atoms with Crippen LogP contribution < -0.4 is 25.8 Å². The van der Waals surface area contributed by atoms with Crippen molar-refractivity contribution in [3.05, 3.63) is 42.6 Å². The molecule has 2 atom stereocenters. The van der Waals surface area contributed by atoms with Gasteiger partial charge in [-0.2, -0.15) is 0 Å². The van der Waals surface area contributed by atoms with E-state index in [0.29, 0.717) is 30.8 Å². The zero-order valence-corrected chi connectivity index (χ0v) is 24.8. The van der Waals surface area contributed by atoms with Gasteiger partial charge in [-0.05, 0) is 86.2 Å². The number of nitrogens with one attached hydrogen (secondary N) is 1. The molecule has 3 N–H and O–H groups in total. The van der Waals surface area contributed by atoms with Crippen LogP contribution in [0.1, 0.15) is 32.1 Å². The molecule has 4 bridgehead atoms. The quantitative estimate of drug-likeness (QED) is 0.518. The first kappa shape index (κ1) is 25.9. The van der Waals surface area contributed by atoms with E-state index in [2.05, 4.69) is 46.4 Å². The van der Waals surface area contributed by atoms with Crippen molar-refractivity contribution in [1.82, 2.24) is 10.3 Å². The minimum atomic E-state index is -1.02. The molecule has 3 amide bonds. The lowest BCUT2D eigenvalue weighted by Gasteiger charge is -2.59. The van der Waals surface area contributed by atoms with E-state index in [-0.39, 0.29) is 23.4 Å². The van der Waals surface area contributed by atoms with Gasteiger partial charge in [-0.15, -0.1) is 0 Å². The van der Waals surface area contributed by atoms with Crippen LogP contribution in [0.2, 0.25) is 25.2 Å². The molecule has 4 saturated carbocycles. The summed E-state index contributed by atoms with van der Waals surface area (Å²) in [6.45, 7) is 8.52. The average molecular weight is 559 g/mol. The average Bonchev–Trinajstić information content (AvgIpc) is 2.94. The molecule has 9 heteroatoms. The fourth-order valence-corrected chi connectivity index (χ4v) is 10.7. The molecule has 4 aliphatic carbocycles. The van der Waals surface area contributed by atoms with E-state index in [0.717, 1.165) is 62.4 Å². The Hall–Kier alpha value is -3.07. The maximum atomic E-state index is 13.8. The summed E-state index contributed by atoms with van der Waals surface area (Å²) >= 11 is 0. The van der Waals surface area contributed by atoms with Crippen molar-refractivity contribution in [2.24, 2.45) is 28.9 Å². The number of pyridine rings is 1. The first-order valence-electron chi connectivity index (χ1n) is 15.2. The Morgan fingerprint density at radius 3 is 2.30 bits per heavy atom. The van der Waals surface area contributed by atoms with Gasteiger partial charge in [0.05, 0.1) is 31.3 Å².